The second-order valence-corrected chi connectivity index (χ2v) is 14.5. The highest BCUT2D eigenvalue weighted by molar-refractivity contribution is 5.97. The van der Waals surface area contributed by atoms with E-state index >= 15 is 0 Å². The molecule has 9 aromatic carbocycles. The summed E-state index contributed by atoms with van der Waals surface area (Å²) in [6, 6.07) is 80.1. The lowest BCUT2D eigenvalue weighted by Crippen LogP contribution is -2.28. The first-order valence-electron chi connectivity index (χ1n) is 19.1. The van der Waals surface area contributed by atoms with Gasteiger partial charge < -0.3 is 4.90 Å². The van der Waals surface area contributed by atoms with Crippen LogP contribution in [0.3, 0.4) is 0 Å². The van der Waals surface area contributed by atoms with Gasteiger partial charge in [-0.15, -0.1) is 0 Å². The first-order valence-corrected chi connectivity index (χ1v) is 19.1. The fraction of sp³-hybridized carbons (Fsp3) is 0.0370. The van der Waals surface area contributed by atoms with E-state index in [4.69, 9.17) is 0 Å². The van der Waals surface area contributed by atoms with E-state index in [-0.39, 0.29) is 0 Å². The highest BCUT2D eigenvalue weighted by atomic mass is 15.1. The predicted octanol–water partition coefficient (Wildman–Crippen LogP) is 14.3. The minimum absolute atomic E-state index is 0.475. The molecule has 0 aromatic heterocycles. The fourth-order valence-corrected chi connectivity index (χ4v) is 8.94. The third-order valence-electron chi connectivity index (χ3n) is 11.5. The van der Waals surface area contributed by atoms with Crippen LogP contribution in [0.15, 0.2) is 218 Å². The Labute approximate surface area is 323 Å². The highest BCUT2D eigenvalue weighted by Crippen LogP contribution is 2.58. The molecule has 0 spiro atoms. The van der Waals surface area contributed by atoms with Crippen LogP contribution in [0.25, 0.3) is 44.2 Å². The summed E-state index contributed by atoms with van der Waals surface area (Å²) < 4.78 is 0. The number of rotatable bonds is 7. The Balaban J connectivity index is 1.18. The average Bonchev–Trinajstić information content (AvgIpc) is 3.54. The van der Waals surface area contributed by atoms with E-state index in [1.165, 1.54) is 72.0 Å². The number of anilines is 3. The molecule has 0 N–H and O–H groups in total. The van der Waals surface area contributed by atoms with Crippen molar-refractivity contribution in [1.29, 1.82) is 0 Å². The maximum atomic E-state index is 2.44. The van der Waals surface area contributed by atoms with E-state index < -0.39 is 5.41 Å². The average molecular weight is 702 g/mol. The van der Waals surface area contributed by atoms with Gasteiger partial charge in [-0.05, 0) is 121 Å². The van der Waals surface area contributed by atoms with Gasteiger partial charge in [0.25, 0.3) is 0 Å². The molecule has 1 aliphatic rings. The molecule has 1 nitrogen and oxygen atoms in total. The van der Waals surface area contributed by atoms with Crippen LogP contribution in [0.1, 0.15) is 27.8 Å². The zero-order chi connectivity index (χ0) is 36.8. The van der Waals surface area contributed by atoms with Gasteiger partial charge in [-0.3, -0.25) is 0 Å². The van der Waals surface area contributed by atoms with E-state index in [2.05, 4.69) is 230 Å². The van der Waals surface area contributed by atoms with Gasteiger partial charge in [-0.2, -0.15) is 0 Å². The van der Waals surface area contributed by atoms with Gasteiger partial charge in [0.2, 0.25) is 0 Å². The van der Waals surface area contributed by atoms with Gasteiger partial charge in [0.1, 0.15) is 0 Å². The summed E-state index contributed by atoms with van der Waals surface area (Å²) in [5, 5.41) is 2.50. The van der Waals surface area contributed by atoms with Gasteiger partial charge in [0, 0.05) is 17.1 Å². The number of para-hydroxylation sites is 1. The predicted molar refractivity (Wildman–Crippen MR) is 232 cm³/mol. The van der Waals surface area contributed by atoms with Crippen molar-refractivity contribution in [1.82, 2.24) is 0 Å². The molecule has 260 valence electrons. The second kappa shape index (κ2) is 13.5. The normalized spacial score (nSPS) is 12.6. The summed E-state index contributed by atoms with van der Waals surface area (Å²) in [4.78, 5) is 2.42. The maximum Gasteiger partial charge on any atom is 0.0713 e. The zero-order valence-electron chi connectivity index (χ0n) is 30.7. The Morgan fingerprint density at radius 1 is 0.345 bits per heavy atom. The molecule has 0 unspecified atom stereocenters. The molecule has 0 saturated heterocycles. The number of fused-ring (bicyclic) bond motifs is 4. The molecule has 0 heterocycles. The largest absolute Gasteiger partial charge is 0.310 e. The van der Waals surface area contributed by atoms with E-state index in [0.29, 0.717) is 0 Å². The van der Waals surface area contributed by atoms with Crippen LogP contribution in [0.4, 0.5) is 17.1 Å². The Hall–Kier alpha value is -6.96. The van der Waals surface area contributed by atoms with Crippen molar-refractivity contribution in [2.24, 2.45) is 0 Å². The maximum absolute atomic E-state index is 2.44. The molecule has 0 atom stereocenters. The molecule has 0 aliphatic heterocycles. The zero-order valence-corrected chi connectivity index (χ0v) is 30.7. The summed E-state index contributed by atoms with van der Waals surface area (Å²) in [5.74, 6) is 0. The van der Waals surface area contributed by atoms with Gasteiger partial charge in [-0.1, -0.05) is 176 Å². The Morgan fingerprint density at radius 2 is 0.836 bits per heavy atom. The third kappa shape index (κ3) is 5.39. The number of hydrogen-bond acceptors (Lipinski definition) is 1. The minimum Gasteiger partial charge on any atom is -0.310 e. The van der Waals surface area contributed by atoms with Crippen LogP contribution >= 0.6 is 0 Å². The Bertz CT molecular complexity index is 2760. The van der Waals surface area contributed by atoms with E-state index in [1.54, 1.807) is 0 Å². The van der Waals surface area contributed by atoms with E-state index in [0.717, 1.165) is 17.1 Å². The van der Waals surface area contributed by atoms with Gasteiger partial charge >= 0.3 is 0 Å². The van der Waals surface area contributed by atoms with Crippen molar-refractivity contribution in [3.05, 3.63) is 246 Å². The summed E-state index contributed by atoms with van der Waals surface area (Å²) in [7, 11) is 0. The standard InChI is InChI=1S/C54H39N/c1-38-17-11-16-28-53(38)55(45-31-29-40(30-32-45)48-27-15-14-26-47(48)39-18-5-2-6-19-39)46-33-34-51-50(37-46)49-35-41-20-12-13-21-42(41)36-52(49)54(51,43-22-7-3-8-23-43)44-24-9-4-10-25-44/h2-37H,1H3. The highest BCUT2D eigenvalue weighted by Gasteiger charge is 2.46. The number of benzene rings is 9. The molecule has 0 amide bonds. The van der Waals surface area contributed by atoms with Crippen LogP contribution in [0.2, 0.25) is 0 Å². The molecule has 1 heteroatoms. The molecular formula is C54H39N. The lowest BCUT2D eigenvalue weighted by atomic mass is 9.67. The molecular weight excluding hydrogens is 663 g/mol. The first-order chi connectivity index (χ1) is 27.2. The number of aryl methyl sites for hydroxylation is 1. The molecule has 0 fully saturated rings. The first kappa shape index (κ1) is 32.7. The quantitative estimate of drug-likeness (QED) is 0.160. The van der Waals surface area contributed by atoms with Gasteiger partial charge in [0.05, 0.1) is 5.41 Å². The van der Waals surface area contributed by atoms with Gasteiger partial charge in [0.15, 0.2) is 0 Å². The van der Waals surface area contributed by atoms with Crippen LogP contribution in [0.5, 0.6) is 0 Å². The molecule has 55 heavy (non-hydrogen) atoms. The van der Waals surface area contributed by atoms with Crippen LogP contribution in [0, 0.1) is 6.92 Å². The minimum atomic E-state index is -0.475. The van der Waals surface area contributed by atoms with Crippen molar-refractivity contribution in [3.8, 4) is 33.4 Å². The number of hydrogen-bond donors (Lipinski definition) is 0. The fourth-order valence-electron chi connectivity index (χ4n) is 8.94. The van der Waals surface area contributed by atoms with Crippen molar-refractivity contribution >= 4 is 27.8 Å². The monoisotopic (exact) mass is 701 g/mol. The summed E-state index contributed by atoms with van der Waals surface area (Å²) in [5.41, 5.74) is 16.7. The second-order valence-electron chi connectivity index (χ2n) is 14.5. The molecule has 0 saturated carbocycles. The lowest BCUT2D eigenvalue weighted by molar-refractivity contribution is 0.769. The topological polar surface area (TPSA) is 3.24 Å². The SMILES string of the molecule is Cc1ccccc1N(c1ccc(-c2ccccc2-c2ccccc2)cc1)c1ccc2c(c1)-c1cc3ccccc3cc1C2(c1ccccc1)c1ccccc1. The van der Waals surface area contributed by atoms with Crippen molar-refractivity contribution in [3.63, 3.8) is 0 Å². The van der Waals surface area contributed by atoms with Crippen LogP contribution in [-0.4, -0.2) is 0 Å². The Morgan fingerprint density at radius 3 is 1.47 bits per heavy atom. The van der Waals surface area contributed by atoms with Crippen molar-refractivity contribution in [2.45, 2.75) is 12.3 Å². The van der Waals surface area contributed by atoms with Crippen molar-refractivity contribution in [2.75, 3.05) is 4.90 Å². The molecule has 0 bridgehead atoms. The summed E-state index contributed by atoms with van der Waals surface area (Å²) in [6.07, 6.45) is 0. The Kier molecular flexibility index (Phi) is 8.00. The van der Waals surface area contributed by atoms with Crippen LogP contribution in [-0.2, 0) is 5.41 Å². The third-order valence-corrected chi connectivity index (χ3v) is 11.5. The molecule has 1 aliphatic carbocycles. The molecule has 10 rings (SSSR count). The van der Waals surface area contributed by atoms with Crippen LogP contribution < -0.4 is 4.90 Å². The van der Waals surface area contributed by atoms with E-state index in [9.17, 15) is 0 Å². The van der Waals surface area contributed by atoms with Gasteiger partial charge in [-0.25, -0.2) is 0 Å². The smallest absolute Gasteiger partial charge is 0.0713 e. The number of nitrogens with zero attached hydrogens (tertiary/aromatic N) is 1. The van der Waals surface area contributed by atoms with Crippen molar-refractivity contribution < 1.29 is 0 Å². The molecule has 9 aromatic rings. The van der Waals surface area contributed by atoms with E-state index in [1.807, 2.05) is 0 Å². The summed E-state index contributed by atoms with van der Waals surface area (Å²) in [6.45, 7) is 2.21. The lowest BCUT2D eigenvalue weighted by Gasteiger charge is -2.34. The molecule has 0 radical (unpaired) electrons. The summed E-state index contributed by atoms with van der Waals surface area (Å²) >= 11 is 0.